The number of aromatic nitrogens is 4. The molecule has 1 aliphatic carbocycles. The lowest BCUT2D eigenvalue weighted by Gasteiger charge is -2.34. The van der Waals surface area contributed by atoms with Gasteiger partial charge in [0.2, 0.25) is 0 Å². The molecule has 0 spiro atoms. The van der Waals surface area contributed by atoms with E-state index in [4.69, 9.17) is 9.97 Å². The largest absolute Gasteiger partial charge is 0.341 e. The third-order valence-corrected chi connectivity index (χ3v) is 7.88. The van der Waals surface area contributed by atoms with E-state index >= 15 is 0 Å². The van der Waals surface area contributed by atoms with Crippen molar-refractivity contribution < 1.29 is 0 Å². The van der Waals surface area contributed by atoms with Crippen molar-refractivity contribution in [1.29, 1.82) is 0 Å². The predicted molar refractivity (Wildman–Crippen MR) is 166 cm³/mol. The van der Waals surface area contributed by atoms with Crippen LogP contribution in [-0.4, -0.2) is 24.8 Å². The summed E-state index contributed by atoms with van der Waals surface area (Å²) in [6.45, 7) is 7.49. The van der Waals surface area contributed by atoms with Crippen LogP contribution in [0.25, 0.3) is 11.0 Å². The molecule has 1 aliphatic rings. The van der Waals surface area contributed by atoms with Gasteiger partial charge in [-0.25, -0.2) is 4.98 Å². The Bertz CT molecular complexity index is 1510. The van der Waals surface area contributed by atoms with Gasteiger partial charge in [-0.3, -0.25) is 14.9 Å². The normalized spacial score (nSPS) is 14.7. The first-order valence-electron chi connectivity index (χ1n) is 13.9. The van der Waals surface area contributed by atoms with Crippen LogP contribution in [0.15, 0.2) is 79.1 Å². The molecular weight excluding hydrogens is 560 g/mol. The Morgan fingerprint density at radius 1 is 0.875 bits per heavy atom. The molecule has 5 aromatic rings. The van der Waals surface area contributed by atoms with E-state index in [9.17, 15) is 0 Å². The van der Waals surface area contributed by atoms with Crippen LogP contribution in [0.5, 0.6) is 0 Å². The van der Waals surface area contributed by atoms with Crippen LogP contribution in [0.4, 0.5) is 0 Å². The summed E-state index contributed by atoms with van der Waals surface area (Å²) in [5.41, 5.74) is 10.9. The molecule has 6 rings (SSSR count). The summed E-state index contributed by atoms with van der Waals surface area (Å²) in [6.07, 6.45) is 7.17. The Labute approximate surface area is 247 Å². The van der Waals surface area contributed by atoms with Crippen LogP contribution >= 0.6 is 17.0 Å². The molecule has 0 saturated carbocycles. The lowest BCUT2D eigenvalue weighted by atomic mass is 9.90. The SMILES string of the molecule is Br.Cc1cc2nc(CN(Cc3ccc(CNCc4ccccn4)cc3)C3CCCc4cccnc43)[nH]c2cc1C. The van der Waals surface area contributed by atoms with Gasteiger partial charge in [0.15, 0.2) is 0 Å². The molecule has 1 unspecified atom stereocenters. The lowest BCUT2D eigenvalue weighted by molar-refractivity contribution is 0.153. The van der Waals surface area contributed by atoms with Crippen molar-refractivity contribution in [2.24, 2.45) is 0 Å². The van der Waals surface area contributed by atoms with Crippen molar-refractivity contribution in [3.05, 3.63) is 124 Å². The second kappa shape index (κ2) is 12.9. The number of hydrogen-bond donors (Lipinski definition) is 2. The smallest absolute Gasteiger partial charge is 0.121 e. The summed E-state index contributed by atoms with van der Waals surface area (Å²) in [4.78, 5) is 20.4. The van der Waals surface area contributed by atoms with Crippen LogP contribution in [-0.2, 0) is 32.6 Å². The number of H-pyrrole nitrogens is 1. The molecule has 40 heavy (non-hydrogen) atoms. The lowest BCUT2D eigenvalue weighted by Crippen LogP contribution is -2.31. The zero-order valence-corrected chi connectivity index (χ0v) is 24.9. The van der Waals surface area contributed by atoms with Gasteiger partial charge in [0.1, 0.15) is 5.82 Å². The predicted octanol–water partition coefficient (Wildman–Crippen LogP) is 6.92. The molecule has 0 amide bonds. The van der Waals surface area contributed by atoms with Crippen molar-refractivity contribution in [3.8, 4) is 0 Å². The van der Waals surface area contributed by atoms with Crippen LogP contribution in [0.2, 0.25) is 0 Å². The fourth-order valence-electron chi connectivity index (χ4n) is 5.64. The molecule has 6 nitrogen and oxygen atoms in total. The third-order valence-electron chi connectivity index (χ3n) is 7.88. The number of nitrogens with one attached hydrogen (secondary N) is 2. The number of hydrogen-bond acceptors (Lipinski definition) is 5. The van der Waals surface area contributed by atoms with Crippen LogP contribution < -0.4 is 5.32 Å². The van der Waals surface area contributed by atoms with Crippen LogP contribution in [0.3, 0.4) is 0 Å². The van der Waals surface area contributed by atoms with E-state index in [2.05, 4.69) is 82.6 Å². The monoisotopic (exact) mass is 596 g/mol. The van der Waals surface area contributed by atoms with Crippen molar-refractivity contribution in [2.45, 2.75) is 65.3 Å². The van der Waals surface area contributed by atoms with Gasteiger partial charge in [0.05, 0.1) is 35.0 Å². The first-order chi connectivity index (χ1) is 19.1. The molecule has 206 valence electrons. The van der Waals surface area contributed by atoms with Gasteiger partial charge < -0.3 is 10.3 Å². The summed E-state index contributed by atoms with van der Waals surface area (Å²) >= 11 is 0. The Kier molecular flexibility index (Phi) is 9.04. The molecule has 3 aromatic heterocycles. The number of benzene rings is 2. The maximum Gasteiger partial charge on any atom is 0.121 e. The van der Waals surface area contributed by atoms with Gasteiger partial charge in [0, 0.05) is 32.0 Å². The average Bonchev–Trinajstić information content (AvgIpc) is 3.35. The molecule has 1 atom stereocenters. The van der Waals surface area contributed by atoms with E-state index in [-0.39, 0.29) is 23.0 Å². The number of pyridine rings is 2. The number of aromatic amines is 1. The zero-order chi connectivity index (χ0) is 26.6. The van der Waals surface area contributed by atoms with Crippen molar-refractivity contribution in [3.63, 3.8) is 0 Å². The highest BCUT2D eigenvalue weighted by molar-refractivity contribution is 8.93. The van der Waals surface area contributed by atoms with E-state index in [1.807, 2.05) is 30.6 Å². The van der Waals surface area contributed by atoms with Gasteiger partial charge >= 0.3 is 0 Å². The van der Waals surface area contributed by atoms with Crippen molar-refractivity contribution in [1.82, 2.24) is 30.2 Å². The molecule has 0 fully saturated rings. The third kappa shape index (κ3) is 6.49. The molecule has 0 radical (unpaired) electrons. The minimum atomic E-state index is 0. The Morgan fingerprint density at radius 3 is 2.50 bits per heavy atom. The molecule has 2 aromatic carbocycles. The zero-order valence-electron chi connectivity index (χ0n) is 23.2. The minimum absolute atomic E-state index is 0. The molecule has 0 saturated heterocycles. The second-order valence-corrected chi connectivity index (χ2v) is 10.7. The number of fused-ring (bicyclic) bond motifs is 2. The highest BCUT2D eigenvalue weighted by Gasteiger charge is 2.28. The highest BCUT2D eigenvalue weighted by atomic mass is 79.9. The topological polar surface area (TPSA) is 69.7 Å². The van der Waals surface area contributed by atoms with Gasteiger partial charge in [-0.05, 0) is 91.3 Å². The number of imidazole rings is 1. The van der Waals surface area contributed by atoms with Gasteiger partial charge in [-0.2, -0.15) is 0 Å². The molecule has 3 heterocycles. The number of nitrogens with zero attached hydrogens (tertiary/aromatic N) is 4. The van der Waals surface area contributed by atoms with E-state index in [0.29, 0.717) is 0 Å². The van der Waals surface area contributed by atoms with Crippen LogP contribution in [0.1, 0.15) is 63.9 Å². The molecular formula is C33H37BrN6. The highest BCUT2D eigenvalue weighted by Crippen LogP contribution is 2.35. The number of rotatable bonds is 9. The van der Waals surface area contributed by atoms with Gasteiger partial charge in [-0.1, -0.05) is 36.4 Å². The van der Waals surface area contributed by atoms with Crippen molar-refractivity contribution >= 4 is 28.0 Å². The fraction of sp³-hybridized carbons (Fsp3) is 0.303. The van der Waals surface area contributed by atoms with E-state index in [1.165, 1.54) is 39.9 Å². The first kappa shape index (κ1) is 28.1. The van der Waals surface area contributed by atoms with Crippen molar-refractivity contribution in [2.75, 3.05) is 0 Å². The first-order valence-corrected chi connectivity index (χ1v) is 13.9. The Hall–Kier alpha value is -3.39. The van der Waals surface area contributed by atoms with E-state index in [0.717, 1.165) is 61.6 Å². The Morgan fingerprint density at radius 2 is 1.68 bits per heavy atom. The molecule has 7 heteroatoms. The summed E-state index contributed by atoms with van der Waals surface area (Å²) in [5.74, 6) is 1.01. The van der Waals surface area contributed by atoms with E-state index in [1.54, 1.807) is 0 Å². The fourth-order valence-corrected chi connectivity index (χ4v) is 5.64. The quantitative estimate of drug-likeness (QED) is 0.193. The summed E-state index contributed by atoms with van der Waals surface area (Å²) in [7, 11) is 0. The molecule has 0 aliphatic heterocycles. The second-order valence-electron chi connectivity index (χ2n) is 10.7. The van der Waals surface area contributed by atoms with Gasteiger partial charge in [0.25, 0.3) is 0 Å². The number of aryl methyl sites for hydroxylation is 3. The Balaban J connectivity index is 0.00000323. The minimum Gasteiger partial charge on any atom is -0.341 e. The van der Waals surface area contributed by atoms with Crippen LogP contribution in [0, 0.1) is 13.8 Å². The summed E-state index contributed by atoms with van der Waals surface area (Å²) in [5, 5.41) is 3.50. The summed E-state index contributed by atoms with van der Waals surface area (Å²) < 4.78 is 0. The van der Waals surface area contributed by atoms with E-state index < -0.39 is 0 Å². The molecule has 2 N–H and O–H groups in total. The molecule has 0 bridgehead atoms. The average molecular weight is 598 g/mol. The summed E-state index contributed by atoms with van der Waals surface area (Å²) in [6, 6.07) is 24.0. The maximum atomic E-state index is 4.99. The standard InChI is InChI=1S/C33H36N6.BrH/c1-23-17-29-30(18-24(23)2)38-32(37-29)22-39(31-10-5-7-27-8-6-16-36-33(27)31)21-26-13-11-25(12-14-26)19-34-20-28-9-3-4-15-35-28;/h3-4,6,8-9,11-18,31,34H,5,7,10,19-22H2,1-2H3,(H,37,38);1H. The van der Waals surface area contributed by atoms with Gasteiger partial charge in [-0.15, -0.1) is 17.0 Å². The maximum absolute atomic E-state index is 4.99. The number of halogens is 1.